The summed E-state index contributed by atoms with van der Waals surface area (Å²) >= 11 is 0. The van der Waals surface area contributed by atoms with Gasteiger partial charge < -0.3 is 10.1 Å². The number of ether oxygens (including phenoxy) is 1. The summed E-state index contributed by atoms with van der Waals surface area (Å²) in [7, 11) is 1.54. The lowest BCUT2D eigenvalue weighted by Crippen LogP contribution is -2.37. The van der Waals surface area contributed by atoms with Crippen LogP contribution in [0.4, 0.5) is 11.4 Å². The van der Waals surface area contributed by atoms with Crippen LogP contribution in [0.25, 0.3) is 0 Å². The van der Waals surface area contributed by atoms with Crippen LogP contribution in [0.5, 0.6) is 5.75 Å². The average Bonchev–Trinajstić information content (AvgIpc) is 2.55. The van der Waals surface area contributed by atoms with Crippen molar-refractivity contribution in [2.45, 2.75) is 27.7 Å². The van der Waals surface area contributed by atoms with Crippen LogP contribution in [0, 0.1) is 20.8 Å². The number of nitrogens with zero attached hydrogens (tertiary/aromatic N) is 1. The largest absolute Gasteiger partial charge is 0.495 e. The third kappa shape index (κ3) is 4.59. The molecule has 0 bridgehead atoms. The van der Waals surface area contributed by atoms with Gasteiger partial charge in [0.05, 0.1) is 12.8 Å². The van der Waals surface area contributed by atoms with Gasteiger partial charge in [0.25, 0.3) is 0 Å². The van der Waals surface area contributed by atoms with Gasteiger partial charge in [-0.2, -0.15) is 0 Å². The molecule has 0 aromatic heterocycles. The van der Waals surface area contributed by atoms with Gasteiger partial charge >= 0.3 is 0 Å². The van der Waals surface area contributed by atoms with Gasteiger partial charge in [-0.15, -0.1) is 0 Å². The molecular weight excluding hydrogens is 316 g/mol. The van der Waals surface area contributed by atoms with Crippen molar-refractivity contribution in [3.05, 3.63) is 53.1 Å². The summed E-state index contributed by atoms with van der Waals surface area (Å²) in [5, 5.41) is 2.88. The van der Waals surface area contributed by atoms with Crippen molar-refractivity contribution >= 4 is 23.2 Å². The van der Waals surface area contributed by atoms with E-state index in [0.29, 0.717) is 11.4 Å². The number of rotatable bonds is 5. The topological polar surface area (TPSA) is 58.6 Å². The molecule has 0 saturated carbocycles. The number of carbonyl (C=O) groups excluding carboxylic acids is 2. The zero-order valence-electron chi connectivity index (χ0n) is 15.3. The molecule has 2 amide bonds. The highest BCUT2D eigenvalue weighted by Crippen LogP contribution is 2.29. The van der Waals surface area contributed by atoms with Gasteiger partial charge in [0.2, 0.25) is 11.8 Å². The van der Waals surface area contributed by atoms with Gasteiger partial charge in [0.15, 0.2) is 0 Å². The normalized spacial score (nSPS) is 10.3. The first-order valence-electron chi connectivity index (χ1n) is 8.11. The van der Waals surface area contributed by atoms with Crippen LogP contribution in [-0.2, 0) is 9.59 Å². The van der Waals surface area contributed by atoms with Gasteiger partial charge in [0, 0.05) is 12.6 Å². The summed E-state index contributed by atoms with van der Waals surface area (Å²) in [6.45, 7) is 7.18. The lowest BCUT2D eigenvalue weighted by Gasteiger charge is -2.23. The summed E-state index contributed by atoms with van der Waals surface area (Å²) in [4.78, 5) is 26.0. The standard InChI is InChI=1S/C20H24N2O3/c1-13-6-8-15(3)17(10-13)21-20(24)12-22(16(4)23)18-11-14(2)7-9-19(18)25-5/h6-11H,12H2,1-5H3,(H,21,24). The Morgan fingerprint density at radius 2 is 1.68 bits per heavy atom. The second kappa shape index (κ2) is 7.83. The van der Waals surface area contributed by atoms with Crippen LogP contribution in [0.15, 0.2) is 36.4 Å². The molecule has 2 aromatic carbocycles. The first kappa shape index (κ1) is 18.5. The fraction of sp³-hybridized carbons (Fsp3) is 0.300. The highest BCUT2D eigenvalue weighted by molar-refractivity contribution is 6.02. The third-order valence-electron chi connectivity index (χ3n) is 3.97. The van der Waals surface area contributed by atoms with Crippen LogP contribution in [0.2, 0.25) is 0 Å². The molecule has 0 heterocycles. The van der Waals surface area contributed by atoms with E-state index in [0.717, 1.165) is 22.4 Å². The van der Waals surface area contributed by atoms with E-state index in [2.05, 4.69) is 5.32 Å². The van der Waals surface area contributed by atoms with Gasteiger partial charge in [-0.05, 0) is 55.7 Å². The lowest BCUT2D eigenvalue weighted by molar-refractivity contribution is -0.120. The number of amides is 2. The number of aryl methyl sites for hydroxylation is 3. The van der Waals surface area contributed by atoms with Gasteiger partial charge in [-0.3, -0.25) is 14.5 Å². The van der Waals surface area contributed by atoms with E-state index in [1.54, 1.807) is 13.2 Å². The second-order valence-corrected chi connectivity index (χ2v) is 6.15. The van der Waals surface area contributed by atoms with E-state index in [-0.39, 0.29) is 18.4 Å². The molecule has 0 radical (unpaired) electrons. The Morgan fingerprint density at radius 1 is 1.04 bits per heavy atom. The van der Waals surface area contributed by atoms with Gasteiger partial charge in [-0.25, -0.2) is 0 Å². The molecule has 0 aliphatic carbocycles. The molecule has 132 valence electrons. The molecule has 0 saturated heterocycles. The SMILES string of the molecule is COc1ccc(C)cc1N(CC(=O)Nc1cc(C)ccc1C)C(C)=O. The van der Waals surface area contributed by atoms with E-state index in [1.165, 1.54) is 11.8 Å². The molecule has 5 heteroatoms. The van der Waals surface area contributed by atoms with Crippen LogP contribution in [-0.4, -0.2) is 25.5 Å². The zero-order chi connectivity index (χ0) is 18.6. The maximum atomic E-state index is 12.5. The van der Waals surface area contributed by atoms with Gasteiger partial charge in [-0.1, -0.05) is 18.2 Å². The van der Waals surface area contributed by atoms with E-state index in [4.69, 9.17) is 4.74 Å². The Balaban J connectivity index is 2.25. The molecule has 0 atom stereocenters. The van der Waals surface area contributed by atoms with Crippen molar-refractivity contribution in [3.63, 3.8) is 0 Å². The van der Waals surface area contributed by atoms with Crippen LogP contribution < -0.4 is 15.0 Å². The molecule has 5 nitrogen and oxygen atoms in total. The molecule has 0 spiro atoms. The van der Waals surface area contributed by atoms with Crippen molar-refractivity contribution in [1.82, 2.24) is 0 Å². The Hall–Kier alpha value is -2.82. The van der Waals surface area contributed by atoms with Crippen molar-refractivity contribution in [2.24, 2.45) is 0 Å². The van der Waals surface area contributed by atoms with E-state index >= 15 is 0 Å². The minimum absolute atomic E-state index is 0.0808. The van der Waals surface area contributed by atoms with Gasteiger partial charge in [0.1, 0.15) is 12.3 Å². The minimum Gasteiger partial charge on any atom is -0.495 e. The molecule has 0 unspecified atom stereocenters. The van der Waals surface area contributed by atoms with Crippen molar-refractivity contribution in [1.29, 1.82) is 0 Å². The fourth-order valence-corrected chi connectivity index (χ4v) is 2.58. The average molecular weight is 340 g/mol. The molecule has 2 rings (SSSR count). The van der Waals surface area contributed by atoms with E-state index < -0.39 is 0 Å². The second-order valence-electron chi connectivity index (χ2n) is 6.15. The highest BCUT2D eigenvalue weighted by Gasteiger charge is 2.20. The van der Waals surface area contributed by atoms with Crippen molar-refractivity contribution in [2.75, 3.05) is 23.9 Å². The predicted octanol–water partition coefficient (Wildman–Crippen LogP) is 3.61. The molecule has 25 heavy (non-hydrogen) atoms. The highest BCUT2D eigenvalue weighted by atomic mass is 16.5. The summed E-state index contributed by atoms with van der Waals surface area (Å²) < 4.78 is 5.34. The van der Waals surface area contributed by atoms with Crippen molar-refractivity contribution in [3.8, 4) is 5.75 Å². The fourth-order valence-electron chi connectivity index (χ4n) is 2.58. The Labute approximate surface area is 148 Å². The Bertz CT molecular complexity index is 800. The molecule has 1 N–H and O–H groups in total. The van der Waals surface area contributed by atoms with Crippen LogP contribution in [0.1, 0.15) is 23.6 Å². The maximum absolute atomic E-state index is 12.5. The molecular formula is C20H24N2O3. The predicted molar refractivity (Wildman–Crippen MR) is 100 cm³/mol. The summed E-state index contributed by atoms with van der Waals surface area (Å²) in [6.07, 6.45) is 0. The van der Waals surface area contributed by atoms with E-state index in [9.17, 15) is 9.59 Å². The Morgan fingerprint density at radius 3 is 2.32 bits per heavy atom. The lowest BCUT2D eigenvalue weighted by atomic mass is 10.1. The smallest absolute Gasteiger partial charge is 0.244 e. The number of carbonyl (C=O) groups is 2. The Kier molecular flexibility index (Phi) is 5.80. The number of hydrogen-bond donors (Lipinski definition) is 1. The van der Waals surface area contributed by atoms with E-state index in [1.807, 2.05) is 51.1 Å². The number of anilines is 2. The monoisotopic (exact) mass is 340 g/mol. The molecule has 0 aliphatic heterocycles. The quantitative estimate of drug-likeness (QED) is 0.904. The number of nitrogens with one attached hydrogen (secondary N) is 1. The maximum Gasteiger partial charge on any atom is 0.244 e. The molecule has 0 aliphatic rings. The summed E-state index contributed by atoms with van der Waals surface area (Å²) in [6, 6.07) is 11.4. The van der Waals surface area contributed by atoms with Crippen LogP contribution >= 0.6 is 0 Å². The van der Waals surface area contributed by atoms with Crippen LogP contribution in [0.3, 0.4) is 0 Å². The summed E-state index contributed by atoms with van der Waals surface area (Å²) in [5.74, 6) is 0.0767. The minimum atomic E-state index is -0.257. The molecule has 2 aromatic rings. The van der Waals surface area contributed by atoms with Crippen molar-refractivity contribution < 1.29 is 14.3 Å². The zero-order valence-corrected chi connectivity index (χ0v) is 15.3. The number of benzene rings is 2. The first-order valence-corrected chi connectivity index (χ1v) is 8.11. The summed E-state index contributed by atoms with van der Waals surface area (Å²) in [5.41, 5.74) is 4.36. The third-order valence-corrected chi connectivity index (χ3v) is 3.97. The molecule has 0 fully saturated rings. The number of methoxy groups -OCH3 is 1. The number of hydrogen-bond acceptors (Lipinski definition) is 3. The first-order chi connectivity index (χ1) is 11.8.